The van der Waals surface area contributed by atoms with Gasteiger partial charge in [0.05, 0.1) is 5.56 Å². The van der Waals surface area contributed by atoms with Crippen LogP contribution in [0.2, 0.25) is 0 Å². The fourth-order valence-electron chi connectivity index (χ4n) is 3.43. The number of nitrogens with one attached hydrogen (secondary N) is 1. The second-order valence-corrected chi connectivity index (χ2v) is 5.72. The number of rotatable bonds is 3. The SMILES string of the molecule is FC(F)(F)c1cccc(CNC2CCN3CCCC23)c1. The van der Waals surface area contributed by atoms with Gasteiger partial charge in [0.25, 0.3) is 0 Å². The molecule has 2 fully saturated rings. The molecule has 3 rings (SSSR count). The molecule has 1 N–H and O–H groups in total. The van der Waals surface area contributed by atoms with Gasteiger partial charge in [0.2, 0.25) is 0 Å². The van der Waals surface area contributed by atoms with Crippen molar-refractivity contribution < 1.29 is 13.2 Å². The molecule has 5 heteroatoms. The Hall–Kier alpha value is -1.07. The summed E-state index contributed by atoms with van der Waals surface area (Å²) in [4.78, 5) is 2.49. The van der Waals surface area contributed by atoms with Crippen LogP contribution in [0.25, 0.3) is 0 Å². The molecule has 110 valence electrons. The fourth-order valence-corrected chi connectivity index (χ4v) is 3.43. The first-order chi connectivity index (χ1) is 9.54. The van der Waals surface area contributed by atoms with Crippen molar-refractivity contribution in [3.8, 4) is 0 Å². The standard InChI is InChI=1S/C15H19F3N2/c16-15(17,18)12-4-1-3-11(9-12)10-19-13-6-8-20-7-2-5-14(13)20/h1,3-4,9,13-14,19H,2,5-8,10H2. The maximum Gasteiger partial charge on any atom is 0.416 e. The number of fused-ring (bicyclic) bond motifs is 1. The van der Waals surface area contributed by atoms with Crippen molar-refractivity contribution in [2.45, 2.75) is 44.1 Å². The zero-order chi connectivity index (χ0) is 14.2. The molecular formula is C15H19F3N2. The van der Waals surface area contributed by atoms with E-state index in [9.17, 15) is 13.2 Å². The number of alkyl halides is 3. The largest absolute Gasteiger partial charge is 0.416 e. The van der Waals surface area contributed by atoms with Crippen LogP contribution in [0.5, 0.6) is 0 Å². The van der Waals surface area contributed by atoms with Crippen LogP contribution < -0.4 is 5.32 Å². The van der Waals surface area contributed by atoms with Gasteiger partial charge in [-0.2, -0.15) is 13.2 Å². The van der Waals surface area contributed by atoms with Crippen molar-refractivity contribution in [1.82, 2.24) is 10.2 Å². The van der Waals surface area contributed by atoms with Crippen LogP contribution in [0, 0.1) is 0 Å². The van der Waals surface area contributed by atoms with Crippen LogP contribution in [0.15, 0.2) is 24.3 Å². The van der Waals surface area contributed by atoms with Crippen molar-refractivity contribution in [2.75, 3.05) is 13.1 Å². The summed E-state index contributed by atoms with van der Waals surface area (Å²) in [5.41, 5.74) is 0.141. The van der Waals surface area contributed by atoms with Gasteiger partial charge in [0, 0.05) is 25.2 Å². The van der Waals surface area contributed by atoms with Gasteiger partial charge in [-0.1, -0.05) is 18.2 Å². The van der Waals surface area contributed by atoms with E-state index in [2.05, 4.69) is 10.2 Å². The molecular weight excluding hydrogens is 265 g/mol. The van der Waals surface area contributed by atoms with E-state index in [1.807, 2.05) is 0 Å². The topological polar surface area (TPSA) is 15.3 Å². The van der Waals surface area contributed by atoms with Crippen molar-refractivity contribution >= 4 is 0 Å². The summed E-state index contributed by atoms with van der Waals surface area (Å²) in [7, 11) is 0. The molecule has 1 aromatic rings. The molecule has 2 aliphatic rings. The molecule has 2 saturated heterocycles. The molecule has 2 unspecified atom stereocenters. The molecule has 0 aromatic heterocycles. The van der Waals surface area contributed by atoms with Gasteiger partial charge >= 0.3 is 6.18 Å². The van der Waals surface area contributed by atoms with Crippen LogP contribution in [-0.2, 0) is 12.7 Å². The quantitative estimate of drug-likeness (QED) is 0.918. The molecule has 2 aliphatic heterocycles. The highest BCUT2D eigenvalue weighted by atomic mass is 19.4. The number of benzene rings is 1. The van der Waals surface area contributed by atoms with Gasteiger partial charge in [-0.15, -0.1) is 0 Å². The molecule has 2 nitrogen and oxygen atoms in total. The van der Waals surface area contributed by atoms with E-state index in [1.54, 1.807) is 6.07 Å². The second kappa shape index (κ2) is 5.37. The molecule has 0 spiro atoms. The Morgan fingerprint density at radius 3 is 2.85 bits per heavy atom. The van der Waals surface area contributed by atoms with E-state index in [-0.39, 0.29) is 0 Å². The molecule has 0 bridgehead atoms. The van der Waals surface area contributed by atoms with E-state index >= 15 is 0 Å². The average molecular weight is 284 g/mol. The third-order valence-corrected chi connectivity index (χ3v) is 4.43. The Morgan fingerprint density at radius 2 is 2.05 bits per heavy atom. The van der Waals surface area contributed by atoms with Crippen LogP contribution in [0.4, 0.5) is 13.2 Å². The van der Waals surface area contributed by atoms with E-state index in [0.717, 1.165) is 19.0 Å². The zero-order valence-corrected chi connectivity index (χ0v) is 11.3. The van der Waals surface area contributed by atoms with Gasteiger partial charge in [-0.25, -0.2) is 0 Å². The van der Waals surface area contributed by atoms with Gasteiger partial charge in [0.1, 0.15) is 0 Å². The van der Waals surface area contributed by atoms with Crippen molar-refractivity contribution in [2.24, 2.45) is 0 Å². The Kier molecular flexibility index (Phi) is 3.73. The van der Waals surface area contributed by atoms with Crippen molar-refractivity contribution in [3.63, 3.8) is 0 Å². The molecule has 0 amide bonds. The fraction of sp³-hybridized carbons (Fsp3) is 0.600. The minimum Gasteiger partial charge on any atom is -0.308 e. The average Bonchev–Trinajstić information content (AvgIpc) is 2.99. The number of hydrogen-bond acceptors (Lipinski definition) is 2. The minimum atomic E-state index is -4.26. The molecule has 0 aliphatic carbocycles. The van der Waals surface area contributed by atoms with Gasteiger partial charge in [-0.3, -0.25) is 4.90 Å². The second-order valence-electron chi connectivity index (χ2n) is 5.72. The first-order valence-electron chi connectivity index (χ1n) is 7.17. The highest BCUT2D eigenvalue weighted by Gasteiger charge is 2.36. The maximum absolute atomic E-state index is 12.7. The lowest BCUT2D eigenvalue weighted by molar-refractivity contribution is -0.137. The van der Waals surface area contributed by atoms with Crippen LogP contribution in [0.1, 0.15) is 30.4 Å². The Bertz CT molecular complexity index is 472. The highest BCUT2D eigenvalue weighted by molar-refractivity contribution is 5.25. The van der Waals surface area contributed by atoms with Crippen LogP contribution in [-0.4, -0.2) is 30.1 Å². The zero-order valence-electron chi connectivity index (χ0n) is 11.3. The van der Waals surface area contributed by atoms with E-state index in [0.29, 0.717) is 24.2 Å². The van der Waals surface area contributed by atoms with E-state index in [1.165, 1.54) is 31.5 Å². The predicted octanol–water partition coefficient (Wildman–Crippen LogP) is 3.03. The Labute approximate surface area is 117 Å². The Balaban J connectivity index is 1.61. The first-order valence-corrected chi connectivity index (χ1v) is 7.17. The highest BCUT2D eigenvalue weighted by Crippen LogP contribution is 2.30. The number of halogens is 3. The minimum absolute atomic E-state index is 0.423. The smallest absolute Gasteiger partial charge is 0.308 e. The lowest BCUT2D eigenvalue weighted by atomic mass is 10.1. The monoisotopic (exact) mass is 284 g/mol. The van der Waals surface area contributed by atoms with Crippen LogP contribution >= 0.6 is 0 Å². The number of nitrogens with zero attached hydrogens (tertiary/aromatic N) is 1. The third kappa shape index (κ3) is 2.83. The van der Waals surface area contributed by atoms with Crippen molar-refractivity contribution in [1.29, 1.82) is 0 Å². The van der Waals surface area contributed by atoms with Gasteiger partial charge < -0.3 is 5.32 Å². The summed E-state index contributed by atoms with van der Waals surface area (Å²) in [6.07, 6.45) is -0.706. The predicted molar refractivity (Wildman–Crippen MR) is 71.3 cm³/mol. The third-order valence-electron chi connectivity index (χ3n) is 4.43. The van der Waals surface area contributed by atoms with Crippen LogP contribution in [0.3, 0.4) is 0 Å². The van der Waals surface area contributed by atoms with E-state index < -0.39 is 11.7 Å². The molecule has 0 radical (unpaired) electrons. The normalized spacial score (nSPS) is 26.9. The summed E-state index contributed by atoms with van der Waals surface area (Å²) < 4.78 is 38.0. The molecule has 20 heavy (non-hydrogen) atoms. The summed E-state index contributed by atoms with van der Waals surface area (Å²) in [5.74, 6) is 0. The van der Waals surface area contributed by atoms with E-state index in [4.69, 9.17) is 0 Å². The van der Waals surface area contributed by atoms with Gasteiger partial charge in [-0.05, 0) is 37.4 Å². The molecule has 2 atom stereocenters. The summed E-state index contributed by atoms with van der Waals surface area (Å²) in [5, 5.41) is 3.44. The Morgan fingerprint density at radius 1 is 1.20 bits per heavy atom. The van der Waals surface area contributed by atoms with Gasteiger partial charge in [0.15, 0.2) is 0 Å². The lowest BCUT2D eigenvalue weighted by Crippen LogP contribution is -2.38. The lowest BCUT2D eigenvalue weighted by Gasteiger charge is -2.21. The summed E-state index contributed by atoms with van der Waals surface area (Å²) in [6, 6.07) is 6.61. The summed E-state index contributed by atoms with van der Waals surface area (Å²) >= 11 is 0. The molecule has 1 aromatic carbocycles. The summed E-state index contributed by atoms with van der Waals surface area (Å²) in [6.45, 7) is 2.80. The van der Waals surface area contributed by atoms with Crippen molar-refractivity contribution in [3.05, 3.63) is 35.4 Å². The molecule has 2 heterocycles. The first kappa shape index (κ1) is 13.9. The number of hydrogen-bond donors (Lipinski definition) is 1. The molecule has 0 saturated carbocycles. The maximum atomic E-state index is 12.7.